The number of halogens is 2. The zero-order chi connectivity index (χ0) is 18.0. The van der Waals surface area contributed by atoms with E-state index >= 15 is 0 Å². The molecule has 1 aliphatic heterocycles. The van der Waals surface area contributed by atoms with Crippen LogP contribution in [0, 0.1) is 11.7 Å². The number of aryl methyl sites for hydroxylation is 1. The van der Waals surface area contributed by atoms with Crippen molar-refractivity contribution in [3.63, 3.8) is 0 Å². The van der Waals surface area contributed by atoms with Gasteiger partial charge in [0.15, 0.2) is 5.82 Å². The molecule has 2 fully saturated rings. The lowest BCUT2D eigenvalue weighted by Gasteiger charge is -2.40. The van der Waals surface area contributed by atoms with Crippen molar-refractivity contribution in [2.75, 3.05) is 18.6 Å². The molecule has 1 saturated carbocycles. The standard InChI is InChI=1S/C17H21F2N3O3/c1-10-9-25-15-6-11(2-3-14(15)20-10)16(23)21-12-7-13(19)17(24)22(8-12)5-4-18/h7-8,11,14-15,20H,1-6,9H2,(H,21,23). The predicted molar refractivity (Wildman–Crippen MR) is 88.4 cm³/mol. The lowest BCUT2D eigenvalue weighted by atomic mass is 9.82. The first kappa shape index (κ1) is 17.6. The summed E-state index contributed by atoms with van der Waals surface area (Å²) in [5, 5.41) is 5.92. The molecule has 3 rings (SSSR count). The molecule has 1 aromatic rings. The lowest BCUT2D eigenvalue weighted by molar-refractivity contribution is -0.123. The molecule has 0 bridgehead atoms. The molecule has 6 nitrogen and oxygen atoms in total. The van der Waals surface area contributed by atoms with Gasteiger partial charge >= 0.3 is 0 Å². The molecule has 25 heavy (non-hydrogen) atoms. The Kier molecular flexibility index (Phi) is 5.17. The molecule has 2 aliphatic rings. The van der Waals surface area contributed by atoms with Crippen LogP contribution in [0.3, 0.4) is 0 Å². The third-order valence-corrected chi connectivity index (χ3v) is 4.66. The van der Waals surface area contributed by atoms with Crippen LogP contribution in [0.25, 0.3) is 0 Å². The van der Waals surface area contributed by atoms with Gasteiger partial charge in [0.1, 0.15) is 6.67 Å². The topological polar surface area (TPSA) is 72.4 Å². The quantitative estimate of drug-likeness (QED) is 0.862. The van der Waals surface area contributed by atoms with Crippen molar-refractivity contribution in [2.24, 2.45) is 5.92 Å². The molecule has 0 radical (unpaired) electrons. The van der Waals surface area contributed by atoms with Gasteiger partial charge in [0.25, 0.3) is 5.56 Å². The monoisotopic (exact) mass is 353 g/mol. The molecule has 2 N–H and O–H groups in total. The van der Waals surface area contributed by atoms with E-state index in [1.807, 2.05) is 0 Å². The highest BCUT2D eigenvalue weighted by Gasteiger charge is 2.36. The molecular formula is C17H21F2N3O3. The summed E-state index contributed by atoms with van der Waals surface area (Å²) in [4.78, 5) is 24.0. The minimum absolute atomic E-state index is 0.0628. The number of amides is 1. The third kappa shape index (κ3) is 3.89. The summed E-state index contributed by atoms with van der Waals surface area (Å²) in [6, 6.07) is 1.12. The van der Waals surface area contributed by atoms with Crippen LogP contribution in [0.15, 0.2) is 29.3 Å². The van der Waals surface area contributed by atoms with E-state index in [4.69, 9.17) is 4.74 Å². The molecule has 3 atom stereocenters. The van der Waals surface area contributed by atoms with E-state index in [0.717, 1.165) is 22.8 Å². The van der Waals surface area contributed by atoms with Gasteiger partial charge in [0.05, 0.1) is 31.0 Å². The van der Waals surface area contributed by atoms with Crippen LogP contribution in [0.5, 0.6) is 0 Å². The normalized spacial score (nSPS) is 25.8. The van der Waals surface area contributed by atoms with E-state index in [9.17, 15) is 18.4 Å². The first-order valence-electron chi connectivity index (χ1n) is 8.30. The number of pyridine rings is 1. The SMILES string of the molecule is C=C1COC2CC(C(=O)Nc3cc(F)c(=O)n(CCF)c3)CCC2N1. The summed E-state index contributed by atoms with van der Waals surface area (Å²) in [6.45, 7) is 3.23. The number of alkyl halides is 1. The number of aromatic nitrogens is 1. The molecule has 1 aromatic heterocycles. The van der Waals surface area contributed by atoms with Gasteiger partial charge in [-0.3, -0.25) is 9.59 Å². The van der Waals surface area contributed by atoms with Crippen LogP contribution in [0.2, 0.25) is 0 Å². The number of ether oxygens (including phenoxy) is 1. The van der Waals surface area contributed by atoms with E-state index in [1.165, 1.54) is 6.20 Å². The smallest absolute Gasteiger partial charge is 0.286 e. The molecule has 0 aromatic carbocycles. The number of fused-ring (bicyclic) bond motifs is 1. The molecule has 1 amide bonds. The summed E-state index contributed by atoms with van der Waals surface area (Å²) in [5.41, 5.74) is 0.0848. The van der Waals surface area contributed by atoms with Gasteiger partial charge in [0, 0.05) is 23.9 Å². The van der Waals surface area contributed by atoms with Crippen LogP contribution in [0.4, 0.5) is 14.5 Å². The number of carbonyl (C=O) groups is 1. The Morgan fingerprint density at radius 3 is 3.04 bits per heavy atom. The van der Waals surface area contributed by atoms with Crippen LogP contribution >= 0.6 is 0 Å². The van der Waals surface area contributed by atoms with E-state index in [-0.39, 0.29) is 36.2 Å². The van der Waals surface area contributed by atoms with E-state index < -0.39 is 18.1 Å². The summed E-state index contributed by atoms with van der Waals surface area (Å²) in [5.74, 6) is -1.54. The number of rotatable bonds is 4. The summed E-state index contributed by atoms with van der Waals surface area (Å²) in [7, 11) is 0. The second kappa shape index (κ2) is 7.35. The van der Waals surface area contributed by atoms with Gasteiger partial charge in [-0.15, -0.1) is 0 Å². The Labute approximate surface area is 143 Å². The summed E-state index contributed by atoms with van der Waals surface area (Å²) >= 11 is 0. The molecular weight excluding hydrogens is 332 g/mol. The number of hydrogen-bond acceptors (Lipinski definition) is 4. The number of nitrogens with one attached hydrogen (secondary N) is 2. The highest BCUT2D eigenvalue weighted by molar-refractivity contribution is 5.92. The van der Waals surface area contributed by atoms with Crippen molar-refractivity contribution in [1.82, 2.24) is 9.88 Å². The maximum Gasteiger partial charge on any atom is 0.286 e. The minimum atomic E-state index is -1.02. The molecule has 1 aliphatic carbocycles. The third-order valence-electron chi connectivity index (χ3n) is 4.66. The Morgan fingerprint density at radius 1 is 1.48 bits per heavy atom. The molecule has 136 valence electrons. The number of hydrogen-bond donors (Lipinski definition) is 2. The van der Waals surface area contributed by atoms with Crippen molar-refractivity contribution < 1.29 is 18.3 Å². The van der Waals surface area contributed by atoms with Crippen LogP contribution in [-0.2, 0) is 16.1 Å². The number of anilines is 1. The largest absolute Gasteiger partial charge is 0.382 e. The van der Waals surface area contributed by atoms with Gasteiger partial charge < -0.3 is 19.9 Å². The molecule has 8 heteroatoms. The van der Waals surface area contributed by atoms with Crippen LogP contribution in [0.1, 0.15) is 19.3 Å². The van der Waals surface area contributed by atoms with Crippen molar-refractivity contribution in [3.05, 3.63) is 40.7 Å². The second-order valence-electron chi connectivity index (χ2n) is 6.47. The van der Waals surface area contributed by atoms with Gasteiger partial charge in [-0.1, -0.05) is 6.58 Å². The lowest BCUT2D eigenvalue weighted by Crippen LogP contribution is -2.51. The predicted octanol–water partition coefficient (Wildman–Crippen LogP) is 1.57. The Balaban J connectivity index is 1.66. The van der Waals surface area contributed by atoms with Gasteiger partial charge in [-0.25, -0.2) is 8.78 Å². The van der Waals surface area contributed by atoms with E-state index in [2.05, 4.69) is 17.2 Å². The zero-order valence-corrected chi connectivity index (χ0v) is 13.8. The Hall–Kier alpha value is -2.22. The zero-order valence-electron chi connectivity index (χ0n) is 13.8. The fourth-order valence-corrected chi connectivity index (χ4v) is 3.40. The molecule has 2 heterocycles. The number of morpholine rings is 1. The van der Waals surface area contributed by atoms with E-state index in [1.54, 1.807) is 0 Å². The molecule has 0 spiro atoms. The fourth-order valence-electron chi connectivity index (χ4n) is 3.40. The van der Waals surface area contributed by atoms with Crippen molar-refractivity contribution >= 4 is 11.6 Å². The van der Waals surface area contributed by atoms with Crippen molar-refractivity contribution in [1.29, 1.82) is 0 Å². The van der Waals surface area contributed by atoms with Gasteiger partial charge in [-0.2, -0.15) is 0 Å². The maximum atomic E-state index is 13.7. The first-order valence-corrected chi connectivity index (χ1v) is 8.30. The minimum Gasteiger partial charge on any atom is -0.382 e. The second-order valence-corrected chi connectivity index (χ2v) is 6.47. The Morgan fingerprint density at radius 2 is 2.28 bits per heavy atom. The van der Waals surface area contributed by atoms with Gasteiger partial charge in [0.2, 0.25) is 5.91 Å². The van der Waals surface area contributed by atoms with E-state index in [0.29, 0.717) is 19.4 Å². The fraction of sp³-hybridized carbons (Fsp3) is 0.529. The summed E-state index contributed by atoms with van der Waals surface area (Å²) < 4.78 is 32.8. The maximum absolute atomic E-state index is 13.7. The highest BCUT2D eigenvalue weighted by Crippen LogP contribution is 2.30. The van der Waals surface area contributed by atoms with Crippen molar-refractivity contribution in [3.8, 4) is 0 Å². The molecule has 3 unspecified atom stereocenters. The van der Waals surface area contributed by atoms with Gasteiger partial charge in [-0.05, 0) is 19.3 Å². The number of nitrogens with zero attached hydrogens (tertiary/aromatic N) is 1. The van der Waals surface area contributed by atoms with Crippen LogP contribution in [-0.4, -0.2) is 35.9 Å². The summed E-state index contributed by atoms with van der Waals surface area (Å²) in [6.07, 6.45) is 3.20. The first-order chi connectivity index (χ1) is 12.0. The average molecular weight is 353 g/mol. The van der Waals surface area contributed by atoms with Crippen LogP contribution < -0.4 is 16.2 Å². The Bertz CT molecular complexity index is 734. The molecule has 1 saturated heterocycles. The number of carbonyl (C=O) groups excluding carboxylic acids is 1. The average Bonchev–Trinajstić information content (AvgIpc) is 2.59. The highest BCUT2D eigenvalue weighted by atomic mass is 19.1. The van der Waals surface area contributed by atoms with Crippen molar-refractivity contribution in [2.45, 2.75) is 38.0 Å².